The summed E-state index contributed by atoms with van der Waals surface area (Å²) in [5.74, 6) is 4.95. The van der Waals surface area contributed by atoms with Gasteiger partial charge in [0.1, 0.15) is 24.1 Å². The molecule has 5 unspecified atom stereocenters. The molecule has 8 nitrogen and oxygen atoms in total. The average Bonchev–Trinajstić information content (AvgIpc) is 2.77. The summed E-state index contributed by atoms with van der Waals surface area (Å²) in [6.07, 6.45) is -3.34. The maximum atomic E-state index is 12.1. The molecule has 5 atom stereocenters. The van der Waals surface area contributed by atoms with E-state index in [9.17, 15) is 19.8 Å². The second-order valence-electron chi connectivity index (χ2n) is 5.61. The number of aliphatic hydroxyl groups is 3. The molecule has 0 aromatic carbocycles. The minimum atomic E-state index is -1.35. The second-order valence-corrected chi connectivity index (χ2v) is 5.61. The molecular weight excluding hydrogens is 304 g/mol. The number of amides is 1. The van der Waals surface area contributed by atoms with E-state index in [1.54, 1.807) is 0 Å². The predicted molar refractivity (Wildman–Crippen MR) is 78.4 cm³/mol. The van der Waals surface area contributed by atoms with E-state index in [1.807, 2.05) is 0 Å². The Morgan fingerprint density at radius 3 is 2.74 bits per heavy atom. The van der Waals surface area contributed by atoms with Gasteiger partial charge in [-0.05, 0) is 6.92 Å². The highest BCUT2D eigenvalue weighted by atomic mass is 16.6. The van der Waals surface area contributed by atoms with Crippen molar-refractivity contribution in [1.82, 2.24) is 4.90 Å². The number of hydrogen-bond acceptors (Lipinski definition) is 7. The predicted octanol–water partition coefficient (Wildman–Crippen LogP) is -2.15. The summed E-state index contributed by atoms with van der Waals surface area (Å²) in [7, 11) is 0. The van der Waals surface area contributed by atoms with Crippen molar-refractivity contribution in [2.75, 3.05) is 6.61 Å². The molecule has 0 aliphatic carbocycles. The summed E-state index contributed by atoms with van der Waals surface area (Å²) >= 11 is 0. The fourth-order valence-electron chi connectivity index (χ4n) is 2.44. The van der Waals surface area contributed by atoms with Crippen LogP contribution in [0.3, 0.4) is 0 Å². The number of ether oxygens (including phenoxy) is 1. The first-order chi connectivity index (χ1) is 10.8. The van der Waals surface area contributed by atoms with Gasteiger partial charge in [-0.15, -0.1) is 0 Å². The Morgan fingerprint density at radius 2 is 2.17 bits per heavy atom. The standard InChI is InChI=1S/C15H20N2O6/c1-8(19)3-2-4-9-6-17(12(20)5-10(9)16)15-14(22)13(21)11(7-18)23-15/h6,10-11,13-15,18,21-22H,3,5,7,16H2,1H3. The Kier molecular flexibility index (Phi) is 5.51. The van der Waals surface area contributed by atoms with Crippen molar-refractivity contribution in [3.8, 4) is 11.8 Å². The van der Waals surface area contributed by atoms with E-state index in [0.29, 0.717) is 5.57 Å². The minimum Gasteiger partial charge on any atom is -0.394 e. The zero-order valence-corrected chi connectivity index (χ0v) is 12.7. The van der Waals surface area contributed by atoms with Gasteiger partial charge in [0, 0.05) is 24.2 Å². The first-order valence-corrected chi connectivity index (χ1v) is 7.24. The quantitative estimate of drug-likeness (QED) is 0.435. The number of carbonyl (C=O) groups is 2. The van der Waals surface area contributed by atoms with Crippen molar-refractivity contribution in [3.05, 3.63) is 11.8 Å². The van der Waals surface area contributed by atoms with Gasteiger partial charge in [-0.3, -0.25) is 14.5 Å². The average molecular weight is 324 g/mol. The Morgan fingerprint density at radius 1 is 1.48 bits per heavy atom. The molecule has 0 radical (unpaired) electrons. The van der Waals surface area contributed by atoms with Crippen LogP contribution in [0.4, 0.5) is 0 Å². The van der Waals surface area contributed by atoms with Gasteiger partial charge < -0.3 is 25.8 Å². The Hall–Kier alpha value is -1.76. The highest BCUT2D eigenvalue weighted by Crippen LogP contribution is 2.27. The molecule has 0 bridgehead atoms. The van der Waals surface area contributed by atoms with E-state index in [4.69, 9.17) is 15.6 Å². The molecular formula is C15H20N2O6. The van der Waals surface area contributed by atoms with Gasteiger partial charge in [-0.2, -0.15) is 0 Å². The molecule has 1 amide bonds. The van der Waals surface area contributed by atoms with E-state index in [1.165, 1.54) is 13.1 Å². The van der Waals surface area contributed by atoms with Crippen LogP contribution in [-0.4, -0.2) is 69.1 Å². The van der Waals surface area contributed by atoms with Crippen LogP contribution < -0.4 is 5.73 Å². The lowest BCUT2D eigenvalue weighted by atomic mass is 10.0. The SMILES string of the molecule is CC(=O)CC#CC1=CN(C2OC(CO)C(O)C2O)C(=O)CC1N. The third-order valence-electron chi connectivity index (χ3n) is 3.72. The number of carbonyl (C=O) groups excluding carboxylic acids is 2. The summed E-state index contributed by atoms with van der Waals surface area (Å²) < 4.78 is 5.34. The number of rotatable bonds is 3. The van der Waals surface area contributed by atoms with Crippen LogP contribution in [0.2, 0.25) is 0 Å². The smallest absolute Gasteiger partial charge is 0.230 e. The second kappa shape index (κ2) is 7.21. The molecule has 0 aromatic rings. The molecule has 0 saturated carbocycles. The van der Waals surface area contributed by atoms with Crippen LogP contribution in [0, 0.1) is 11.8 Å². The van der Waals surface area contributed by atoms with Gasteiger partial charge >= 0.3 is 0 Å². The van der Waals surface area contributed by atoms with E-state index in [-0.39, 0.29) is 24.5 Å². The molecule has 0 aromatic heterocycles. The summed E-state index contributed by atoms with van der Waals surface area (Å²) in [4.78, 5) is 24.2. The van der Waals surface area contributed by atoms with Gasteiger partial charge in [0.25, 0.3) is 0 Å². The highest BCUT2D eigenvalue weighted by molar-refractivity contribution is 5.81. The molecule has 8 heteroatoms. The topological polar surface area (TPSA) is 133 Å². The molecule has 1 fully saturated rings. The minimum absolute atomic E-state index is 0.0347. The molecule has 126 valence electrons. The van der Waals surface area contributed by atoms with E-state index >= 15 is 0 Å². The number of aliphatic hydroxyl groups excluding tert-OH is 3. The maximum Gasteiger partial charge on any atom is 0.230 e. The first-order valence-electron chi connectivity index (χ1n) is 7.24. The van der Waals surface area contributed by atoms with Crippen molar-refractivity contribution < 1.29 is 29.6 Å². The third-order valence-corrected chi connectivity index (χ3v) is 3.72. The lowest BCUT2D eigenvalue weighted by Crippen LogP contribution is -2.49. The number of nitrogens with zero attached hydrogens (tertiary/aromatic N) is 1. The van der Waals surface area contributed by atoms with Crippen LogP contribution in [0.15, 0.2) is 11.8 Å². The number of ketones is 1. The number of hydrogen-bond donors (Lipinski definition) is 4. The highest BCUT2D eigenvalue weighted by Gasteiger charge is 2.47. The zero-order chi connectivity index (χ0) is 17.1. The van der Waals surface area contributed by atoms with Crippen LogP contribution in [-0.2, 0) is 14.3 Å². The van der Waals surface area contributed by atoms with Gasteiger partial charge in [-0.1, -0.05) is 11.8 Å². The molecule has 1 saturated heterocycles. The van der Waals surface area contributed by atoms with Crippen molar-refractivity contribution >= 4 is 11.7 Å². The molecule has 2 rings (SSSR count). The molecule has 2 heterocycles. The van der Waals surface area contributed by atoms with Gasteiger partial charge in [0.15, 0.2) is 6.23 Å². The fourth-order valence-corrected chi connectivity index (χ4v) is 2.44. The van der Waals surface area contributed by atoms with Crippen LogP contribution in [0.1, 0.15) is 19.8 Å². The number of nitrogens with two attached hydrogens (primary N) is 1. The van der Waals surface area contributed by atoms with Crippen molar-refractivity contribution in [2.24, 2.45) is 5.73 Å². The monoisotopic (exact) mass is 324 g/mol. The Balaban J connectivity index is 2.22. The van der Waals surface area contributed by atoms with E-state index < -0.39 is 37.2 Å². The normalized spacial score (nSPS) is 34.0. The fraction of sp³-hybridized carbons (Fsp3) is 0.600. The van der Waals surface area contributed by atoms with Gasteiger partial charge in [0.05, 0.1) is 13.0 Å². The van der Waals surface area contributed by atoms with Crippen molar-refractivity contribution in [1.29, 1.82) is 0 Å². The number of Topliss-reactive ketones (excluding diaryl/α,β-unsaturated/α-hetero) is 1. The molecule has 0 spiro atoms. The lowest BCUT2D eigenvalue weighted by molar-refractivity contribution is -0.147. The molecule has 23 heavy (non-hydrogen) atoms. The van der Waals surface area contributed by atoms with Crippen LogP contribution >= 0.6 is 0 Å². The largest absolute Gasteiger partial charge is 0.394 e. The Labute approximate surface area is 133 Å². The summed E-state index contributed by atoms with van der Waals surface area (Å²) in [6.45, 7) is 0.935. The van der Waals surface area contributed by atoms with Crippen molar-refractivity contribution in [2.45, 2.75) is 50.3 Å². The molecule has 2 aliphatic rings. The van der Waals surface area contributed by atoms with E-state index in [0.717, 1.165) is 4.90 Å². The van der Waals surface area contributed by atoms with Crippen molar-refractivity contribution in [3.63, 3.8) is 0 Å². The maximum absolute atomic E-state index is 12.1. The Bertz CT molecular complexity index is 578. The molecule has 2 aliphatic heterocycles. The van der Waals surface area contributed by atoms with Gasteiger partial charge in [-0.25, -0.2) is 0 Å². The lowest BCUT2D eigenvalue weighted by Gasteiger charge is -2.32. The van der Waals surface area contributed by atoms with E-state index in [2.05, 4.69) is 11.8 Å². The van der Waals surface area contributed by atoms with Crippen LogP contribution in [0.5, 0.6) is 0 Å². The molecule has 5 N–H and O–H groups in total. The summed E-state index contributed by atoms with van der Waals surface area (Å²) in [5.41, 5.74) is 6.30. The first kappa shape index (κ1) is 17.6. The van der Waals surface area contributed by atoms with Crippen LogP contribution in [0.25, 0.3) is 0 Å². The summed E-state index contributed by atoms with van der Waals surface area (Å²) in [6, 6.07) is -0.602. The summed E-state index contributed by atoms with van der Waals surface area (Å²) in [5, 5.41) is 28.9. The third kappa shape index (κ3) is 3.77. The van der Waals surface area contributed by atoms with Gasteiger partial charge in [0.2, 0.25) is 5.91 Å². The zero-order valence-electron chi connectivity index (χ0n) is 12.7.